The van der Waals surface area contributed by atoms with E-state index in [0.717, 1.165) is 10.4 Å². The van der Waals surface area contributed by atoms with Crippen LogP contribution in [-0.2, 0) is 4.79 Å². The van der Waals surface area contributed by atoms with Crippen molar-refractivity contribution in [2.45, 2.75) is 18.6 Å². The second kappa shape index (κ2) is 5.68. The molecule has 0 aliphatic carbocycles. The topological polar surface area (TPSA) is 78.4 Å². The highest BCUT2D eigenvalue weighted by atomic mass is 32.1. The molecule has 5 nitrogen and oxygen atoms in total. The van der Waals surface area contributed by atoms with Gasteiger partial charge in [-0.1, -0.05) is 42.5 Å². The molecule has 0 bridgehead atoms. The van der Waals surface area contributed by atoms with Crippen molar-refractivity contribution in [3.8, 4) is 10.4 Å². The van der Waals surface area contributed by atoms with E-state index >= 15 is 0 Å². The molecule has 1 saturated heterocycles. The summed E-state index contributed by atoms with van der Waals surface area (Å²) in [6.45, 7) is 1.51. The fourth-order valence-corrected chi connectivity index (χ4v) is 4.10. The first-order chi connectivity index (χ1) is 12.0. The fourth-order valence-electron chi connectivity index (χ4n) is 3.04. The number of amides is 3. The Bertz CT molecular complexity index is 947. The number of carbonyl (C=O) groups excluding carboxylic acids is 2. The molecule has 3 N–H and O–H groups in total. The van der Waals surface area contributed by atoms with Crippen molar-refractivity contribution in [2.24, 2.45) is 0 Å². The summed E-state index contributed by atoms with van der Waals surface area (Å²) in [5.41, 5.74) is 0.253. The first kappa shape index (κ1) is 15.8. The third kappa shape index (κ3) is 2.59. The van der Waals surface area contributed by atoms with Gasteiger partial charge in [-0.25, -0.2) is 4.79 Å². The van der Waals surface area contributed by atoms with Gasteiger partial charge in [-0.3, -0.25) is 10.1 Å². The monoisotopic (exact) mass is 352 g/mol. The number of aliphatic hydroxyl groups excluding tert-OH is 1. The molecule has 25 heavy (non-hydrogen) atoms. The van der Waals surface area contributed by atoms with E-state index in [9.17, 15) is 14.7 Å². The Hall–Kier alpha value is -2.70. The highest BCUT2D eigenvalue weighted by molar-refractivity contribution is 7.22. The summed E-state index contributed by atoms with van der Waals surface area (Å²) in [6.07, 6.45) is -1.13. The van der Waals surface area contributed by atoms with Gasteiger partial charge >= 0.3 is 6.03 Å². The van der Waals surface area contributed by atoms with Gasteiger partial charge in [0.2, 0.25) is 0 Å². The summed E-state index contributed by atoms with van der Waals surface area (Å²) < 4.78 is 1.22. The van der Waals surface area contributed by atoms with Crippen LogP contribution in [0.1, 0.15) is 18.6 Å². The van der Waals surface area contributed by atoms with E-state index in [1.165, 1.54) is 17.0 Å². The quantitative estimate of drug-likeness (QED) is 0.634. The van der Waals surface area contributed by atoms with Gasteiger partial charge in [-0.2, -0.15) is 0 Å². The number of hydrogen-bond acceptors (Lipinski definition) is 4. The standard InChI is InChI=1S/C19H16N2O3S/c1-19(17(23)20-18(24)21-19)16(22)12-8-6-11(7-9-12)15-10-13-4-2-3-5-14(13)25-15/h2-10,16,22H,1H3,(H2,20,21,23,24). The molecule has 2 aromatic carbocycles. The van der Waals surface area contributed by atoms with E-state index in [4.69, 9.17) is 0 Å². The highest BCUT2D eigenvalue weighted by Crippen LogP contribution is 2.35. The predicted molar refractivity (Wildman–Crippen MR) is 97.3 cm³/mol. The molecule has 6 heteroatoms. The molecular weight excluding hydrogens is 336 g/mol. The average molecular weight is 352 g/mol. The molecule has 3 aromatic rings. The van der Waals surface area contributed by atoms with Crippen molar-refractivity contribution in [1.82, 2.24) is 10.6 Å². The number of imide groups is 1. The van der Waals surface area contributed by atoms with Crippen molar-refractivity contribution in [3.05, 3.63) is 60.2 Å². The number of aliphatic hydroxyl groups is 1. The van der Waals surface area contributed by atoms with Crippen LogP contribution < -0.4 is 10.6 Å². The third-order valence-corrected chi connectivity index (χ3v) is 5.72. The van der Waals surface area contributed by atoms with Crippen molar-refractivity contribution >= 4 is 33.4 Å². The minimum Gasteiger partial charge on any atom is -0.385 e. The van der Waals surface area contributed by atoms with Gasteiger partial charge in [0, 0.05) is 9.58 Å². The minimum absolute atomic E-state index is 0.529. The van der Waals surface area contributed by atoms with E-state index in [1.54, 1.807) is 23.5 Å². The van der Waals surface area contributed by atoms with Gasteiger partial charge in [0.25, 0.3) is 5.91 Å². The van der Waals surface area contributed by atoms with Crippen molar-refractivity contribution in [2.75, 3.05) is 0 Å². The summed E-state index contributed by atoms with van der Waals surface area (Å²) in [5.74, 6) is -0.529. The summed E-state index contributed by atoms with van der Waals surface area (Å²) >= 11 is 1.71. The number of thiophene rings is 1. The number of urea groups is 1. The van der Waals surface area contributed by atoms with E-state index < -0.39 is 23.6 Å². The first-order valence-electron chi connectivity index (χ1n) is 7.88. The maximum Gasteiger partial charge on any atom is 0.322 e. The Morgan fingerprint density at radius 3 is 2.44 bits per heavy atom. The van der Waals surface area contributed by atoms with Crippen LogP contribution in [0.5, 0.6) is 0 Å². The maximum absolute atomic E-state index is 12.0. The Morgan fingerprint density at radius 1 is 1.08 bits per heavy atom. The molecule has 1 fully saturated rings. The first-order valence-corrected chi connectivity index (χ1v) is 8.69. The Balaban J connectivity index is 1.63. The largest absolute Gasteiger partial charge is 0.385 e. The normalized spacial score (nSPS) is 21.2. The second-order valence-electron chi connectivity index (χ2n) is 6.28. The predicted octanol–water partition coefficient (Wildman–Crippen LogP) is 3.20. The lowest BCUT2D eigenvalue weighted by atomic mass is 9.89. The lowest BCUT2D eigenvalue weighted by Crippen LogP contribution is -2.49. The number of rotatable bonds is 3. The van der Waals surface area contributed by atoms with E-state index in [2.05, 4.69) is 28.8 Å². The molecule has 4 rings (SSSR count). The molecule has 2 unspecified atom stereocenters. The lowest BCUT2D eigenvalue weighted by molar-refractivity contribution is -0.127. The number of carbonyl (C=O) groups is 2. The van der Waals surface area contributed by atoms with Gasteiger partial charge in [0.05, 0.1) is 0 Å². The minimum atomic E-state index is -1.36. The summed E-state index contributed by atoms with van der Waals surface area (Å²) in [7, 11) is 0. The summed E-state index contributed by atoms with van der Waals surface area (Å²) in [4.78, 5) is 24.5. The molecule has 0 spiro atoms. The lowest BCUT2D eigenvalue weighted by Gasteiger charge is -2.27. The molecule has 126 valence electrons. The summed E-state index contributed by atoms with van der Waals surface area (Å²) in [6, 6.07) is 17.2. The van der Waals surface area contributed by atoms with Crippen LogP contribution in [0.3, 0.4) is 0 Å². The van der Waals surface area contributed by atoms with Crippen molar-refractivity contribution in [1.29, 1.82) is 0 Å². The molecule has 1 aliphatic heterocycles. The number of nitrogens with one attached hydrogen (secondary N) is 2. The van der Waals surface area contributed by atoms with Gasteiger partial charge in [0.1, 0.15) is 11.6 Å². The van der Waals surface area contributed by atoms with E-state index in [-0.39, 0.29) is 0 Å². The molecule has 1 aliphatic rings. The van der Waals surface area contributed by atoms with Crippen LogP contribution in [0.15, 0.2) is 54.6 Å². The van der Waals surface area contributed by atoms with Gasteiger partial charge in [-0.15, -0.1) is 11.3 Å². The average Bonchev–Trinajstić information content (AvgIpc) is 3.15. The number of hydrogen-bond donors (Lipinski definition) is 3. The maximum atomic E-state index is 12.0. The Kier molecular flexibility index (Phi) is 3.59. The fraction of sp³-hybridized carbons (Fsp3) is 0.158. The molecular formula is C19H16N2O3S. The van der Waals surface area contributed by atoms with Crippen molar-refractivity contribution in [3.63, 3.8) is 0 Å². The smallest absolute Gasteiger partial charge is 0.322 e. The zero-order valence-corrected chi connectivity index (χ0v) is 14.3. The molecule has 0 saturated carbocycles. The van der Waals surface area contributed by atoms with Crippen LogP contribution in [0.2, 0.25) is 0 Å². The van der Waals surface area contributed by atoms with Gasteiger partial charge in [0.15, 0.2) is 0 Å². The molecule has 2 atom stereocenters. The number of benzene rings is 2. The van der Waals surface area contributed by atoms with Crippen LogP contribution in [0.4, 0.5) is 4.79 Å². The van der Waals surface area contributed by atoms with Crippen LogP contribution >= 0.6 is 11.3 Å². The highest BCUT2D eigenvalue weighted by Gasteiger charge is 2.48. The summed E-state index contributed by atoms with van der Waals surface area (Å²) in [5, 5.41) is 16.4. The third-order valence-electron chi connectivity index (χ3n) is 4.56. The Morgan fingerprint density at radius 2 is 1.80 bits per heavy atom. The van der Waals surface area contributed by atoms with E-state index in [1.807, 2.05) is 24.3 Å². The molecule has 2 heterocycles. The number of fused-ring (bicyclic) bond motifs is 1. The zero-order valence-electron chi connectivity index (χ0n) is 13.4. The second-order valence-corrected chi connectivity index (χ2v) is 7.37. The zero-order chi connectivity index (χ0) is 17.6. The van der Waals surface area contributed by atoms with Crippen LogP contribution in [0, 0.1) is 0 Å². The van der Waals surface area contributed by atoms with Gasteiger partial charge < -0.3 is 10.4 Å². The molecule has 3 amide bonds. The Labute approximate surface area is 148 Å². The molecule has 0 radical (unpaired) electrons. The molecule has 1 aromatic heterocycles. The van der Waals surface area contributed by atoms with Crippen LogP contribution in [-0.4, -0.2) is 22.6 Å². The van der Waals surface area contributed by atoms with Crippen molar-refractivity contribution < 1.29 is 14.7 Å². The van der Waals surface area contributed by atoms with Gasteiger partial charge in [-0.05, 0) is 35.6 Å². The van der Waals surface area contributed by atoms with E-state index in [0.29, 0.717) is 5.56 Å². The van der Waals surface area contributed by atoms with Crippen LogP contribution in [0.25, 0.3) is 20.5 Å². The SMILES string of the molecule is CC1(C(O)c2ccc(-c3cc4ccccc4s3)cc2)NC(=O)NC1=O.